The van der Waals surface area contributed by atoms with E-state index >= 15 is 0 Å². The molecule has 1 rings (SSSR count). The molecule has 0 amide bonds. The van der Waals surface area contributed by atoms with Gasteiger partial charge in [-0.1, -0.05) is 23.2 Å². The smallest absolute Gasteiger partial charge is 0.122 e. The van der Waals surface area contributed by atoms with Crippen LogP contribution in [0.2, 0.25) is 10.0 Å². The molecule has 0 aliphatic heterocycles. The Labute approximate surface area is 87.4 Å². The highest BCUT2D eigenvalue weighted by atomic mass is 35.5. The van der Waals surface area contributed by atoms with Crippen LogP contribution in [0.5, 0.6) is 5.75 Å². The Bertz CT molecular complexity index is 256. The fourth-order valence-corrected chi connectivity index (χ4v) is 1.36. The van der Waals surface area contributed by atoms with Crippen molar-refractivity contribution < 1.29 is 9.47 Å². The Kier molecular flexibility index (Phi) is 4.36. The fraction of sp³-hybridized carbons (Fsp3) is 0.333. The average Bonchev–Trinajstić information content (AvgIpc) is 2.03. The van der Waals surface area contributed by atoms with Crippen LogP contribution in [-0.4, -0.2) is 20.3 Å². The zero-order valence-corrected chi connectivity index (χ0v) is 8.73. The molecule has 0 N–H and O–H groups in total. The largest absolute Gasteiger partial charge is 0.491 e. The van der Waals surface area contributed by atoms with Crippen LogP contribution >= 0.6 is 23.2 Å². The summed E-state index contributed by atoms with van der Waals surface area (Å²) in [5.41, 5.74) is 0. The van der Waals surface area contributed by atoms with Crippen molar-refractivity contribution in [3.8, 4) is 5.75 Å². The molecule has 0 saturated carbocycles. The van der Waals surface area contributed by atoms with E-state index in [0.29, 0.717) is 29.0 Å². The second-order valence-corrected chi connectivity index (χ2v) is 3.32. The summed E-state index contributed by atoms with van der Waals surface area (Å²) in [5, 5.41) is 1.14. The molecule has 2 nitrogen and oxygen atoms in total. The van der Waals surface area contributed by atoms with Gasteiger partial charge >= 0.3 is 0 Å². The maximum Gasteiger partial charge on any atom is 0.122 e. The highest BCUT2D eigenvalue weighted by Crippen LogP contribution is 2.23. The molecule has 0 atom stereocenters. The quantitative estimate of drug-likeness (QED) is 0.727. The van der Waals surface area contributed by atoms with Gasteiger partial charge in [-0.15, -0.1) is 0 Å². The normalized spacial score (nSPS) is 10.1. The van der Waals surface area contributed by atoms with Crippen molar-refractivity contribution in [1.29, 1.82) is 0 Å². The molecule has 0 saturated heterocycles. The van der Waals surface area contributed by atoms with Gasteiger partial charge in [-0.25, -0.2) is 0 Å². The van der Waals surface area contributed by atoms with Crippen molar-refractivity contribution in [1.82, 2.24) is 0 Å². The SMILES string of the molecule is COCCOc1cc(Cl)cc(Cl)c1. The van der Waals surface area contributed by atoms with E-state index in [4.69, 9.17) is 32.7 Å². The molecule has 4 heteroatoms. The molecule has 1 aromatic carbocycles. The lowest BCUT2D eigenvalue weighted by molar-refractivity contribution is 0.146. The molecule has 1 aromatic rings. The van der Waals surface area contributed by atoms with E-state index in [1.165, 1.54) is 0 Å². The van der Waals surface area contributed by atoms with Gasteiger partial charge in [0.1, 0.15) is 12.4 Å². The number of methoxy groups -OCH3 is 1. The Morgan fingerprint density at radius 1 is 1.08 bits per heavy atom. The molecular weight excluding hydrogens is 211 g/mol. The summed E-state index contributed by atoms with van der Waals surface area (Å²) < 4.78 is 10.1. The Balaban J connectivity index is 2.56. The highest BCUT2D eigenvalue weighted by molar-refractivity contribution is 6.34. The number of rotatable bonds is 4. The standard InChI is InChI=1S/C9H10Cl2O2/c1-12-2-3-13-9-5-7(10)4-8(11)6-9/h4-6H,2-3H2,1H3. The van der Waals surface area contributed by atoms with E-state index in [2.05, 4.69) is 0 Å². The molecule has 72 valence electrons. The molecule has 0 spiro atoms. The van der Waals surface area contributed by atoms with Crippen molar-refractivity contribution in [3.63, 3.8) is 0 Å². The first-order chi connectivity index (χ1) is 6.22. The minimum absolute atomic E-state index is 0.493. The second-order valence-electron chi connectivity index (χ2n) is 2.45. The lowest BCUT2D eigenvalue weighted by Crippen LogP contribution is -2.03. The van der Waals surface area contributed by atoms with Crippen LogP contribution in [-0.2, 0) is 4.74 Å². The van der Waals surface area contributed by atoms with Crippen LogP contribution in [0.25, 0.3) is 0 Å². The first kappa shape index (κ1) is 10.6. The maximum atomic E-state index is 5.77. The van der Waals surface area contributed by atoms with Crippen LogP contribution in [0, 0.1) is 0 Å². The van der Waals surface area contributed by atoms with E-state index in [1.54, 1.807) is 25.3 Å². The molecule has 0 aliphatic rings. The van der Waals surface area contributed by atoms with Gasteiger partial charge in [-0.05, 0) is 18.2 Å². The summed E-state index contributed by atoms with van der Waals surface area (Å²) in [7, 11) is 1.62. The molecule has 0 bridgehead atoms. The van der Waals surface area contributed by atoms with Crippen molar-refractivity contribution >= 4 is 23.2 Å². The number of benzene rings is 1. The van der Waals surface area contributed by atoms with Gasteiger partial charge in [0.2, 0.25) is 0 Å². The van der Waals surface area contributed by atoms with E-state index in [1.807, 2.05) is 0 Å². The summed E-state index contributed by atoms with van der Waals surface area (Å²) in [6.07, 6.45) is 0. The average molecular weight is 221 g/mol. The Morgan fingerprint density at radius 2 is 1.69 bits per heavy atom. The van der Waals surface area contributed by atoms with Crippen molar-refractivity contribution in [2.45, 2.75) is 0 Å². The number of hydrogen-bond acceptors (Lipinski definition) is 2. The maximum absolute atomic E-state index is 5.77. The molecule has 0 radical (unpaired) electrons. The zero-order valence-electron chi connectivity index (χ0n) is 7.22. The van der Waals surface area contributed by atoms with Gasteiger partial charge in [-0.2, -0.15) is 0 Å². The van der Waals surface area contributed by atoms with Crippen molar-refractivity contribution in [2.75, 3.05) is 20.3 Å². The highest BCUT2D eigenvalue weighted by Gasteiger charge is 1.98. The summed E-state index contributed by atoms with van der Waals surface area (Å²) >= 11 is 11.5. The van der Waals surface area contributed by atoms with Crippen LogP contribution in [0.1, 0.15) is 0 Å². The monoisotopic (exact) mass is 220 g/mol. The van der Waals surface area contributed by atoms with Gasteiger partial charge in [0.15, 0.2) is 0 Å². The summed E-state index contributed by atoms with van der Waals surface area (Å²) in [6, 6.07) is 5.08. The minimum atomic E-state index is 0.493. The zero-order chi connectivity index (χ0) is 9.68. The predicted molar refractivity (Wildman–Crippen MR) is 53.8 cm³/mol. The van der Waals surface area contributed by atoms with Gasteiger partial charge in [0.05, 0.1) is 6.61 Å². The lowest BCUT2D eigenvalue weighted by atomic mass is 10.3. The number of hydrogen-bond donors (Lipinski definition) is 0. The summed E-state index contributed by atoms with van der Waals surface area (Å²) in [4.78, 5) is 0. The van der Waals surface area contributed by atoms with Crippen molar-refractivity contribution in [3.05, 3.63) is 28.2 Å². The third-order valence-corrected chi connectivity index (χ3v) is 1.83. The molecule has 0 heterocycles. The number of halogens is 2. The van der Waals surface area contributed by atoms with Crippen LogP contribution in [0.3, 0.4) is 0 Å². The first-order valence-corrected chi connectivity index (χ1v) is 4.56. The lowest BCUT2D eigenvalue weighted by Gasteiger charge is -2.05. The third kappa shape index (κ3) is 3.85. The van der Waals surface area contributed by atoms with Gasteiger partial charge in [0.25, 0.3) is 0 Å². The molecule has 13 heavy (non-hydrogen) atoms. The van der Waals surface area contributed by atoms with E-state index in [9.17, 15) is 0 Å². The Hall–Kier alpha value is -0.440. The summed E-state index contributed by atoms with van der Waals surface area (Å²) in [6.45, 7) is 1.04. The van der Waals surface area contributed by atoms with Crippen LogP contribution < -0.4 is 4.74 Å². The van der Waals surface area contributed by atoms with E-state index in [0.717, 1.165) is 0 Å². The molecule has 0 fully saturated rings. The first-order valence-electron chi connectivity index (χ1n) is 3.80. The van der Waals surface area contributed by atoms with Crippen LogP contribution in [0.15, 0.2) is 18.2 Å². The second kappa shape index (κ2) is 5.32. The van der Waals surface area contributed by atoms with E-state index < -0.39 is 0 Å². The number of ether oxygens (including phenoxy) is 2. The predicted octanol–water partition coefficient (Wildman–Crippen LogP) is 3.02. The van der Waals surface area contributed by atoms with E-state index in [-0.39, 0.29) is 0 Å². The molecular formula is C9H10Cl2O2. The minimum Gasteiger partial charge on any atom is -0.491 e. The van der Waals surface area contributed by atoms with Crippen molar-refractivity contribution in [2.24, 2.45) is 0 Å². The fourth-order valence-electron chi connectivity index (χ4n) is 0.855. The third-order valence-electron chi connectivity index (χ3n) is 1.39. The van der Waals surface area contributed by atoms with Gasteiger partial charge in [0, 0.05) is 17.2 Å². The summed E-state index contributed by atoms with van der Waals surface area (Å²) in [5.74, 6) is 0.662. The van der Waals surface area contributed by atoms with Crippen LogP contribution in [0.4, 0.5) is 0 Å². The molecule has 0 aliphatic carbocycles. The molecule has 0 aromatic heterocycles. The van der Waals surface area contributed by atoms with Gasteiger partial charge in [-0.3, -0.25) is 0 Å². The topological polar surface area (TPSA) is 18.5 Å². The Morgan fingerprint density at radius 3 is 2.23 bits per heavy atom. The van der Waals surface area contributed by atoms with Gasteiger partial charge < -0.3 is 9.47 Å². The molecule has 0 unspecified atom stereocenters.